The van der Waals surface area contributed by atoms with Crippen molar-refractivity contribution in [3.8, 4) is 0 Å². The van der Waals surface area contributed by atoms with Crippen LogP contribution in [-0.4, -0.2) is 13.0 Å². The van der Waals surface area contributed by atoms with E-state index in [2.05, 4.69) is 6.92 Å². The lowest BCUT2D eigenvalue weighted by molar-refractivity contribution is 0.482. The van der Waals surface area contributed by atoms with Crippen LogP contribution in [0.2, 0.25) is 0 Å². The van der Waals surface area contributed by atoms with Crippen molar-refractivity contribution in [3.05, 3.63) is 42.0 Å². The van der Waals surface area contributed by atoms with E-state index in [1.165, 1.54) is 51.0 Å². The first-order valence-electron chi connectivity index (χ1n) is 9.52. The topological polar surface area (TPSA) is 54.4 Å². The van der Waals surface area contributed by atoms with Crippen molar-refractivity contribution in [3.63, 3.8) is 0 Å². The molecule has 138 valence electrons. The molecule has 2 aromatic carbocycles. The molecule has 4 heteroatoms. The second-order valence-corrected chi connectivity index (χ2v) is 8.21. The molecule has 0 fully saturated rings. The normalized spacial score (nSPS) is 11.9. The molecule has 0 saturated carbocycles. The quantitative estimate of drug-likeness (QED) is 0.385. The number of rotatable bonds is 11. The Balaban J connectivity index is 1.93. The first kappa shape index (κ1) is 19.9. The largest absolute Gasteiger partial charge is 0.294 e. The summed E-state index contributed by atoms with van der Waals surface area (Å²) in [5.74, 6) is 0. The number of hydrogen-bond acceptors (Lipinski definition) is 2. The lowest BCUT2D eigenvalue weighted by atomic mass is 9.99. The van der Waals surface area contributed by atoms with Crippen LogP contribution in [0.15, 0.2) is 41.3 Å². The molecule has 0 atom stereocenters. The summed E-state index contributed by atoms with van der Waals surface area (Å²) in [6.45, 7) is 2.23. The van der Waals surface area contributed by atoms with E-state index in [1.54, 1.807) is 6.07 Å². The van der Waals surface area contributed by atoms with E-state index in [0.717, 1.165) is 29.2 Å². The summed E-state index contributed by atoms with van der Waals surface area (Å²) in [7, 11) is -4.19. The van der Waals surface area contributed by atoms with Gasteiger partial charge >= 0.3 is 0 Å². The monoisotopic (exact) mass is 362 g/mol. The van der Waals surface area contributed by atoms with Crippen LogP contribution in [-0.2, 0) is 16.5 Å². The first-order valence-corrected chi connectivity index (χ1v) is 11.0. The highest BCUT2D eigenvalue weighted by Gasteiger charge is 2.17. The third-order valence-corrected chi connectivity index (χ3v) is 5.74. The molecule has 0 aliphatic carbocycles. The molecule has 1 N–H and O–H groups in total. The van der Waals surface area contributed by atoms with E-state index in [0.29, 0.717) is 6.42 Å². The van der Waals surface area contributed by atoms with Gasteiger partial charge in [0.25, 0.3) is 10.1 Å². The van der Waals surface area contributed by atoms with Gasteiger partial charge in [-0.1, -0.05) is 88.6 Å². The minimum absolute atomic E-state index is 0.0609. The van der Waals surface area contributed by atoms with Crippen LogP contribution in [0, 0.1) is 0 Å². The van der Waals surface area contributed by atoms with Gasteiger partial charge in [0, 0.05) is 0 Å². The molecule has 2 aromatic rings. The van der Waals surface area contributed by atoms with Crippen LogP contribution in [0.4, 0.5) is 0 Å². The highest BCUT2D eigenvalue weighted by Crippen LogP contribution is 2.27. The SMILES string of the molecule is CCCCCCCCCCCc1c(S(=O)(=O)O)ccc2ccccc12. The molecule has 2 rings (SSSR count). The molecular formula is C21H30O3S. The van der Waals surface area contributed by atoms with Gasteiger partial charge in [-0.3, -0.25) is 4.55 Å². The van der Waals surface area contributed by atoms with Crippen LogP contribution in [0.1, 0.15) is 70.3 Å². The van der Waals surface area contributed by atoms with E-state index >= 15 is 0 Å². The minimum Gasteiger partial charge on any atom is -0.282 e. The van der Waals surface area contributed by atoms with Crippen molar-refractivity contribution in [1.29, 1.82) is 0 Å². The van der Waals surface area contributed by atoms with E-state index in [9.17, 15) is 13.0 Å². The van der Waals surface area contributed by atoms with E-state index in [4.69, 9.17) is 0 Å². The molecule has 3 nitrogen and oxygen atoms in total. The molecule has 0 unspecified atom stereocenters. The van der Waals surface area contributed by atoms with E-state index in [1.807, 2.05) is 24.3 Å². The molecule has 0 bridgehead atoms. The number of unbranched alkanes of at least 4 members (excludes halogenated alkanes) is 8. The van der Waals surface area contributed by atoms with Crippen LogP contribution in [0.5, 0.6) is 0 Å². The zero-order valence-corrected chi connectivity index (χ0v) is 16.0. The molecule has 0 heterocycles. The van der Waals surface area contributed by atoms with E-state index in [-0.39, 0.29) is 4.90 Å². The van der Waals surface area contributed by atoms with Gasteiger partial charge in [-0.25, -0.2) is 0 Å². The van der Waals surface area contributed by atoms with Gasteiger partial charge in [0.1, 0.15) is 0 Å². The Morgan fingerprint density at radius 2 is 1.40 bits per heavy atom. The molecule has 0 aliphatic heterocycles. The average molecular weight is 363 g/mol. The maximum absolute atomic E-state index is 11.7. The zero-order chi connectivity index (χ0) is 18.1. The maximum Gasteiger partial charge on any atom is 0.294 e. The Bertz CT molecular complexity index is 766. The fourth-order valence-electron chi connectivity index (χ4n) is 3.43. The van der Waals surface area contributed by atoms with Gasteiger partial charge < -0.3 is 0 Å². The molecule has 0 spiro atoms. The van der Waals surface area contributed by atoms with Crippen molar-refractivity contribution in [1.82, 2.24) is 0 Å². The summed E-state index contributed by atoms with van der Waals surface area (Å²) in [6, 6.07) is 11.1. The summed E-state index contributed by atoms with van der Waals surface area (Å²) >= 11 is 0. The third-order valence-electron chi connectivity index (χ3n) is 4.81. The lowest BCUT2D eigenvalue weighted by Crippen LogP contribution is -2.04. The summed E-state index contributed by atoms with van der Waals surface area (Å²) < 4.78 is 33.0. The summed E-state index contributed by atoms with van der Waals surface area (Å²) in [5, 5.41) is 1.94. The second kappa shape index (κ2) is 9.93. The van der Waals surface area contributed by atoms with Gasteiger partial charge in [0.2, 0.25) is 0 Å². The van der Waals surface area contributed by atoms with Gasteiger partial charge in [0.05, 0.1) is 4.90 Å². The Labute approximate surface area is 152 Å². The molecule has 0 saturated heterocycles. The number of benzene rings is 2. The highest BCUT2D eigenvalue weighted by molar-refractivity contribution is 7.85. The van der Waals surface area contributed by atoms with Crippen LogP contribution < -0.4 is 0 Å². The number of aryl methyl sites for hydroxylation is 1. The van der Waals surface area contributed by atoms with Crippen molar-refractivity contribution in [2.45, 2.75) is 76.0 Å². The second-order valence-electron chi connectivity index (χ2n) is 6.82. The van der Waals surface area contributed by atoms with Gasteiger partial charge in [-0.2, -0.15) is 8.42 Å². The van der Waals surface area contributed by atoms with Crippen LogP contribution >= 0.6 is 0 Å². The van der Waals surface area contributed by atoms with Gasteiger partial charge in [-0.15, -0.1) is 0 Å². The van der Waals surface area contributed by atoms with Crippen LogP contribution in [0.25, 0.3) is 10.8 Å². The average Bonchev–Trinajstić information content (AvgIpc) is 2.59. The number of hydrogen-bond donors (Lipinski definition) is 1. The lowest BCUT2D eigenvalue weighted by Gasteiger charge is -2.11. The van der Waals surface area contributed by atoms with Crippen molar-refractivity contribution in [2.24, 2.45) is 0 Å². The fourth-order valence-corrected chi connectivity index (χ4v) is 4.19. The summed E-state index contributed by atoms with van der Waals surface area (Å²) in [4.78, 5) is 0.0609. The molecular weight excluding hydrogens is 332 g/mol. The third kappa shape index (κ3) is 6.12. The Kier molecular flexibility index (Phi) is 7.91. The maximum atomic E-state index is 11.7. The molecule has 25 heavy (non-hydrogen) atoms. The predicted octanol–water partition coefficient (Wildman–Crippen LogP) is 6.16. The zero-order valence-electron chi connectivity index (χ0n) is 15.2. The Hall–Kier alpha value is -1.39. The number of fused-ring (bicyclic) bond motifs is 1. The molecule has 0 amide bonds. The van der Waals surface area contributed by atoms with Crippen molar-refractivity contribution in [2.75, 3.05) is 0 Å². The molecule has 0 radical (unpaired) electrons. The Morgan fingerprint density at radius 1 is 0.800 bits per heavy atom. The molecule has 0 aromatic heterocycles. The van der Waals surface area contributed by atoms with Gasteiger partial charge in [-0.05, 0) is 35.2 Å². The predicted molar refractivity (Wildman–Crippen MR) is 105 cm³/mol. The van der Waals surface area contributed by atoms with Crippen molar-refractivity contribution < 1.29 is 13.0 Å². The Morgan fingerprint density at radius 3 is 2.04 bits per heavy atom. The van der Waals surface area contributed by atoms with Gasteiger partial charge in [0.15, 0.2) is 0 Å². The summed E-state index contributed by atoms with van der Waals surface area (Å²) in [5.41, 5.74) is 0.753. The minimum atomic E-state index is -4.19. The van der Waals surface area contributed by atoms with Crippen molar-refractivity contribution >= 4 is 20.9 Å². The van der Waals surface area contributed by atoms with Crippen LogP contribution in [0.3, 0.4) is 0 Å². The van der Waals surface area contributed by atoms with E-state index < -0.39 is 10.1 Å². The first-order chi connectivity index (χ1) is 12.0. The standard InChI is InChI=1S/C21H30O3S/c1-2-3-4-5-6-7-8-9-10-15-20-19-14-12-11-13-18(19)16-17-21(20)25(22,23)24/h11-14,16-17H,2-10,15H2,1H3,(H,22,23,24). The highest BCUT2D eigenvalue weighted by atomic mass is 32.2. The fraction of sp³-hybridized carbons (Fsp3) is 0.524. The smallest absolute Gasteiger partial charge is 0.282 e. The summed E-state index contributed by atoms with van der Waals surface area (Å²) in [6.07, 6.45) is 11.8. The molecule has 0 aliphatic rings.